The highest BCUT2D eigenvalue weighted by Crippen LogP contribution is 2.27. The van der Waals surface area contributed by atoms with Crippen molar-refractivity contribution >= 4 is 33.7 Å². The Morgan fingerprint density at radius 3 is 2.36 bits per heavy atom. The molecule has 0 radical (unpaired) electrons. The number of aryl methyl sites for hydroxylation is 1. The monoisotopic (exact) mass is 550 g/mol. The molecule has 1 fully saturated rings. The number of carbonyl (C=O) groups excluding carboxylic acids is 3. The summed E-state index contributed by atoms with van der Waals surface area (Å²) in [7, 11) is 0. The van der Waals surface area contributed by atoms with Crippen LogP contribution >= 0.6 is 15.9 Å². The summed E-state index contributed by atoms with van der Waals surface area (Å²) in [5, 5.41) is 0. The molecule has 1 atom stereocenters. The Labute approximate surface area is 218 Å². The molecule has 1 unspecified atom stereocenters. The second kappa shape index (κ2) is 11.0. The van der Waals surface area contributed by atoms with Gasteiger partial charge in [0, 0.05) is 35.7 Å². The maximum atomic E-state index is 13.7. The van der Waals surface area contributed by atoms with Crippen LogP contribution in [0.25, 0.3) is 11.3 Å². The third-order valence-corrected chi connectivity index (χ3v) is 6.72. The lowest BCUT2D eigenvalue weighted by Crippen LogP contribution is -2.55. The van der Waals surface area contributed by atoms with Crippen LogP contribution in [0.3, 0.4) is 0 Å². The van der Waals surface area contributed by atoms with Gasteiger partial charge in [-0.3, -0.25) is 9.59 Å². The zero-order chi connectivity index (χ0) is 25.8. The van der Waals surface area contributed by atoms with Gasteiger partial charge in [0.1, 0.15) is 17.1 Å². The van der Waals surface area contributed by atoms with Gasteiger partial charge in [-0.25, -0.2) is 14.8 Å². The van der Waals surface area contributed by atoms with Gasteiger partial charge in [0.2, 0.25) is 0 Å². The van der Waals surface area contributed by atoms with Crippen LogP contribution in [-0.2, 0) is 4.74 Å². The Morgan fingerprint density at radius 2 is 1.69 bits per heavy atom. The van der Waals surface area contributed by atoms with Crippen LogP contribution in [0.4, 0.5) is 0 Å². The van der Waals surface area contributed by atoms with E-state index in [-0.39, 0.29) is 35.7 Å². The second-order valence-corrected chi connectivity index (χ2v) is 9.36. The van der Waals surface area contributed by atoms with Crippen LogP contribution in [0.2, 0.25) is 0 Å². The van der Waals surface area contributed by atoms with Crippen molar-refractivity contribution in [3.63, 3.8) is 0 Å². The molecule has 0 N–H and O–H groups in total. The normalized spacial score (nSPS) is 15.5. The number of hydrogen-bond acceptors (Lipinski definition) is 6. The van der Waals surface area contributed by atoms with E-state index in [1.54, 1.807) is 29.7 Å². The minimum Gasteiger partial charge on any atom is -0.462 e. The van der Waals surface area contributed by atoms with Crippen molar-refractivity contribution in [2.45, 2.75) is 26.8 Å². The van der Waals surface area contributed by atoms with E-state index in [0.717, 1.165) is 4.47 Å². The topological polar surface area (TPSA) is 92.7 Å². The minimum atomic E-state index is -0.643. The molecule has 2 heterocycles. The van der Waals surface area contributed by atoms with Gasteiger partial charge in [-0.05, 0) is 48.8 Å². The van der Waals surface area contributed by atoms with E-state index >= 15 is 0 Å². The molecule has 0 aliphatic carbocycles. The molecule has 4 rings (SSSR count). The molecule has 186 valence electrons. The first-order valence-corrected chi connectivity index (χ1v) is 12.6. The highest BCUT2D eigenvalue weighted by Gasteiger charge is 2.35. The van der Waals surface area contributed by atoms with Gasteiger partial charge in [0.25, 0.3) is 11.8 Å². The van der Waals surface area contributed by atoms with Crippen LogP contribution < -0.4 is 0 Å². The van der Waals surface area contributed by atoms with Crippen LogP contribution in [0.5, 0.6) is 0 Å². The first kappa shape index (κ1) is 25.5. The SMILES string of the molecule is CCOC(=O)c1c(C(=O)N2CCN(C(=O)c3ccccc3Br)C(C)C2)nc(C)nc1-c1ccccc1. The lowest BCUT2D eigenvalue weighted by molar-refractivity contribution is 0.0405. The number of halogens is 1. The number of hydrogen-bond donors (Lipinski definition) is 0. The van der Waals surface area contributed by atoms with Gasteiger partial charge < -0.3 is 14.5 Å². The molecule has 1 aliphatic heterocycles. The van der Waals surface area contributed by atoms with Crippen LogP contribution in [-0.4, -0.2) is 69.8 Å². The summed E-state index contributed by atoms with van der Waals surface area (Å²) in [6.45, 7) is 6.43. The van der Waals surface area contributed by atoms with E-state index in [1.807, 2.05) is 55.5 Å². The maximum absolute atomic E-state index is 13.7. The summed E-state index contributed by atoms with van der Waals surface area (Å²) in [6, 6.07) is 16.2. The number of nitrogens with zero attached hydrogens (tertiary/aromatic N) is 4. The molecule has 8 nitrogen and oxygen atoms in total. The van der Waals surface area contributed by atoms with Gasteiger partial charge in [-0.2, -0.15) is 0 Å². The standard InChI is InChI=1S/C27H27BrN4O4/c1-4-36-27(35)22-23(19-10-6-5-7-11-19)29-18(3)30-24(22)26(34)31-14-15-32(17(2)16-31)25(33)20-12-8-9-13-21(20)28/h5-13,17H,4,14-16H2,1-3H3. The molecule has 0 bridgehead atoms. The smallest absolute Gasteiger partial charge is 0.342 e. The third kappa shape index (κ3) is 5.16. The highest BCUT2D eigenvalue weighted by molar-refractivity contribution is 9.10. The molecule has 0 saturated carbocycles. The predicted octanol–water partition coefficient (Wildman–Crippen LogP) is 4.38. The van der Waals surface area contributed by atoms with Gasteiger partial charge in [-0.1, -0.05) is 42.5 Å². The first-order chi connectivity index (χ1) is 17.3. The summed E-state index contributed by atoms with van der Waals surface area (Å²) in [6.07, 6.45) is 0. The first-order valence-electron chi connectivity index (χ1n) is 11.8. The Bertz CT molecular complexity index is 1300. The summed E-state index contributed by atoms with van der Waals surface area (Å²) in [5.74, 6) is -0.754. The molecule has 1 aliphatic rings. The average molecular weight is 551 g/mol. The molecule has 1 saturated heterocycles. The quantitative estimate of drug-likeness (QED) is 0.437. The number of aromatic nitrogens is 2. The van der Waals surface area contributed by atoms with E-state index in [4.69, 9.17) is 4.74 Å². The van der Waals surface area contributed by atoms with Crippen molar-refractivity contribution in [2.75, 3.05) is 26.2 Å². The fourth-order valence-electron chi connectivity index (χ4n) is 4.31. The molecule has 1 aromatic heterocycles. The van der Waals surface area contributed by atoms with E-state index in [9.17, 15) is 14.4 Å². The number of rotatable bonds is 5. The van der Waals surface area contributed by atoms with E-state index < -0.39 is 5.97 Å². The van der Waals surface area contributed by atoms with Crippen molar-refractivity contribution in [3.05, 3.63) is 81.7 Å². The van der Waals surface area contributed by atoms with E-state index in [1.165, 1.54) is 0 Å². The highest BCUT2D eigenvalue weighted by atomic mass is 79.9. The lowest BCUT2D eigenvalue weighted by atomic mass is 10.0. The Balaban J connectivity index is 1.65. The molecule has 9 heteroatoms. The number of carbonyl (C=O) groups is 3. The number of esters is 1. The zero-order valence-electron chi connectivity index (χ0n) is 20.4. The Kier molecular flexibility index (Phi) is 7.79. The number of amides is 2. The van der Waals surface area contributed by atoms with Crippen molar-refractivity contribution < 1.29 is 19.1 Å². The van der Waals surface area contributed by atoms with E-state index in [2.05, 4.69) is 25.9 Å². The van der Waals surface area contributed by atoms with Crippen LogP contribution in [0.15, 0.2) is 59.1 Å². The largest absolute Gasteiger partial charge is 0.462 e. The minimum absolute atomic E-state index is 0.0117. The molecule has 0 spiro atoms. The average Bonchev–Trinajstić information content (AvgIpc) is 2.88. The van der Waals surface area contributed by atoms with Crippen molar-refractivity contribution in [2.24, 2.45) is 0 Å². The number of piperazine rings is 1. The summed E-state index contributed by atoms with van der Waals surface area (Å²) in [4.78, 5) is 52.2. The molecular formula is C27H27BrN4O4. The van der Waals surface area contributed by atoms with Gasteiger partial charge in [0.05, 0.1) is 17.9 Å². The van der Waals surface area contributed by atoms with Crippen molar-refractivity contribution in [1.82, 2.24) is 19.8 Å². The zero-order valence-corrected chi connectivity index (χ0v) is 22.0. The number of benzene rings is 2. The van der Waals surface area contributed by atoms with Gasteiger partial charge >= 0.3 is 5.97 Å². The molecule has 2 amide bonds. The lowest BCUT2D eigenvalue weighted by Gasteiger charge is -2.40. The maximum Gasteiger partial charge on any atom is 0.342 e. The second-order valence-electron chi connectivity index (χ2n) is 8.51. The molecule has 2 aromatic carbocycles. The Morgan fingerprint density at radius 1 is 1.00 bits per heavy atom. The fraction of sp³-hybridized carbons (Fsp3) is 0.296. The van der Waals surface area contributed by atoms with E-state index in [0.29, 0.717) is 42.3 Å². The summed E-state index contributed by atoms with van der Waals surface area (Å²) in [5.41, 5.74) is 1.70. The predicted molar refractivity (Wildman–Crippen MR) is 139 cm³/mol. The molecular weight excluding hydrogens is 524 g/mol. The van der Waals surface area contributed by atoms with Gasteiger partial charge in [-0.15, -0.1) is 0 Å². The fourth-order valence-corrected chi connectivity index (χ4v) is 4.77. The van der Waals surface area contributed by atoms with Crippen molar-refractivity contribution in [1.29, 1.82) is 0 Å². The molecule has 3 aromatic rings. The van der Waals surface area contributed by atoms with Crippen LogP contribution in [0.1, 0.15) is 50.9 Å². The van der Waals surface area contributed by atoms with Crippen molar-refractivity contribution in [3.8, 4) is 11.3 Å². The summed E-state index contributed by atoms with van der Waals surface area (Å²) >= 11 is 3.45. The number of ether oxygens (including phenoxy) is 1. The van der Waals surface area contributed by atoms with Crippen LogP contribution in [0, 0.1) is 6.92 Å². The molecule has 36 heavy (non-hydrogen) atoms. The third-order valence-electron chi connectivity index (χ3n) is 6.03. The van der Waals surface area contributed by atoms with Gasteiger partial charge in [0.15, 0.2) is 0 Å². The summed E-state index contributed by atoms with van der Waals surface area (Å²) < 4.78 is 6.02. The Hall–Kier alpha value is -3.59.